The molecule has 69 heavy (non-hydrogen) atoms. The molecule has 0 rings (SSSR count). The van der Waals surface area contributed by atoms with Gasteiger partial charge in [0.25, 0.3) is 0 Å². The van der Waals surface area contributed by atoms with Gasteiger partial charge >= 0.3 is 0 Å². The summed E-state index contributed by atoms with van der Waals surface area (Å²) in [5.74, 6) is -0.498. The van der Waals surface area contributed by atoms with Crippen molar-refractivity contribution in [3.05, 3.63) is 36.5 Å². The number of aliphatic hydroxyl groups is 3. The van der Waals surface area contributed by atoms with Crippen molar-refractivity contribution in [2.24, 2.45) is 0 Å². The molecule has 0 bridgehead atoms. The summed E-state index contributed by atoms with van der Waals surface area (Å²) < 4.78 is 0. The Bertz CT molecular complexity index is 1070. The molecule has 0 aromatic heterocycles. The minimum Gasteiger partial charge on any atom is -0.394 e. The molecule has 3 unspecified atom stereocenters. The maximum Gasteiger partial charge on any atom is 0.249 e. The van der Waals surface area contributed by atoms with Gasteiger partial charge in [-0.3, -0.25) is 4.79 Å². The molecule has 408 valence electrons. The normalized spacial score (nSPS) is 13.4. The van der Waals surface area contributed by atoms with Crippen LogP contribution < -0.4 is 5.32 Å². The molecule has 0 aliphatic heterocycles. The first kappa shape index (κ1) is 67.6. The van der Waals surface area contributed by atoms with Gasteiger partial charge in [-0.15, -0.1) is 0 Å². The average molecular weight is 971 g/mol. The standard InChI is InChI=1S/C64H123NO4/c1-3-5-7-9-11-13-15-17-19-21-23-25-27-29-30-31-32-33-35-37-39-41-43-45-47-49-51-53-55-57-59-63(68)64(69)65-61(60-66)62(67)58-56-54-52-50-48-46-44-42-40-38-36-34-28-26-24-22-20-18-16-14-12-10-8-6-4-2/h23,25,29-30,56,58,61-63,66-68H,3-22,24,26-28,31-55,57,59-60H2,1-2H3,(H,65,69)/b25-23-,30-29-,58-56+. The highest BCUT2D eigenvalue weighted by Crippen LogP contribution is 2.18. The van der Waals surface area contributed by atoms with Gasteiger partial charge in [-0.1, -0.05) is 326 Å². The first-order valence-corrected chi connectivity index (χ1v) is 31.3. The highest BCUT2D eigenvalue weighted by Gasteiger charge is 2.22. The lowest BCUT2D eigenvalue weighted by atomic mass is 10.0. The first-order valence-electron chi connectivity index (χ1n) is 31.3. The van der Waals surface area contributed by atoms with Crippen molar-refractivity contribution < 1.29 is 20.1 Å². The van der Waals surface area contributed by atoms with Crippen molar-refractivity contribution in [3.63, 3.8) is 0 Å². The molecule has 0 heterocycles. The number of carbonyl (C=O) groups excluding carboxylic acids is 1. The Morgan fingerprint density at radius 3 is 0.913 bits per heavy atom. The largest absolute Gasteiger partial charge is 0.394 e. The lowest BCUT2D eigenvalue weighted by molar-refractivity contribution is -0.131. The van der Waals surface area contributed by atoms with Gasteiger partial charge in [0.1, 0.15) is 6.10 Å². The van der Waals surface area contributed by atoms with E-state index in [1.54, 1.807) is 6.08 Å². The Hall–Kier alpha value is -1.43. The summed E-state index contributed by atoms with van der Waals surface area (Å²) in [6, 6.07) is -0.799. The lowest BCUT2D eigenvalue weighted by Crippen LogP contribution is -2.48. The molecule has 0 aliphatic rings. The number of aliphatic hydroxyl groups excluding tert-OH is 3. The van der Waals surface area contributed by atoms with Crippen LogP contribution in [-0.4, -0.2) is 46.1 Å². The zero-order chi connectivity index (χ0) is 50.0. The third-order valence-electron chi connectivity index (χ3n) is 14.7. The first-order chi connectivity index (χ1) is 34.1. The summed E-state index contributed by atoms with van der Waals surface area (Å²) in [5.41, 5.74) is 0. The maximum absolute atomic E-state index is 12.6. The van der Waals surface area contributed by atoms with Crippen molar-refractivity contribution in [1.29, 1.82) is 0 Å². The second kappa shape index (κ2) is 59.1. The third-order valence-corrected chi connectivity index (χ3v) is 14.7. The molecule has 0 aromatic rings. The van der Waals surface area contributed by atoms with Crippen LogP contribution in [0.25, 0.3) is 0 Å². The minimum absolute atomic E-state index is 0.362. The number of allylic oxidation sites excluding steroid dienone is 5. The number of hydrogen-bond donors (Lipinski definition) is 4. The van der Waals surface area contributed by atoms with Crippen molar-refractivity contribution in [2.75, 3.05) is 6.61 Å². The molecule has 5 heteroatoms. The van der Waals surface area contributed by atoms with Crippen molar-refractivity contribution in [1.82, 2.24) is 5.32 Å². The molecular weight excluding hydrogens is 847 g/mol. The summed E-state index contributed by atoms with van der Waals surface area (Å²) in [4.78, 5) is 12.6. The van der Waals surface area contributed by atoms with Crippen LogP contribution in [0.15, 0.2) is 36.5 Å². The fraction of sp³-hybridized carbons (Fsp3) is 0.891. The number of hydrogen-bond acceptors (Lipinski definition) is 4. The second-order valence-corrected chi connectivity index (χ2v) is 21.6. The van der Waals surface area contributed by atoms with E-state index in [2.05, 4.69) is 43.5 Å². The predicted molar refractivity (Wildman–Crippen MR) is 305 cm³/mol. The topological polar surface area (TPSA) is 89.8 Å². The van der Waals surface area contributed by atoms with E-state index in [9.17, 15) is 20.1 Å². The van der Waals surface area contributed by atoms with Gasteiger partial charge in [0.05, 0.1) is 18.8 Å². The van der Waals surface area contributed by atoms with Crippen LogP contribution in [0.1, 0.15) is 341 Å². The molecule has 0 saturated carbocycles. The molecule has 0 aromatic carbocycles. The number of unbranched alkanes of at least 4 members (excludes halogenated alkanes) is 46. The number of amides is 1. The van der Waals surface area contributed by atoms with E-state index in [0.29, 0.717) is 6.42 Å². The molecule has 3 atom stereocenters. The second-order valence-electron chi connectivity index (χ2n) is 21.6. The molecule has 0 saturated heterocycles. The molecule has 4 N–H and O–H groups in total. The fourth-order valence-electron chi connectivity index (χ4n) is 9.87. The highest BCUT2D eigenvalue weighted by atomic mass is 16.3. The van der Waals surface area contributed by atoms with Gasteiger partial charge < -0.3 is 20.6 Å². The number of rotatable bonds is 58. The Kier molecular flexibility index (Phi) is 57.9. The number of nitrogens with one attached hydrogen (secondary N) is 1. The molecule has 1 amide bonds. The van der Waals surface area contributed by atoms with Crippen molar-refractivity contribution in [3.8, 4) is 0 Å². The fourth-order valence-corrected chi connectivity index (χ4v) is 9.87. The summed E-state index contributed by atoms with van der Waals surface area (Å²) in [6.07, 6.45) is 78.2. The van der Waals surface area contributed by atoms with Gasteiger partial charge in [-0.05, 0) is 51.4 Å². The van der Waals surface area contributed by atoms with Gasteiger partial charge in [0, 0.05) is 0 Å². The summed E-state index contributed by atoms with van der Waals surface area (Å²) in [7, 11) is 0. The molecule has 0 spiro atoms. The van der Waals surface area contributed by atoms with E-state index in [1.165, 1.54) is 283 Å². The van der Waals surface area contributed by atoms with E-state index in [1.807, 2.05) is 6.08 Å². The van der Waals surface area contributed by atoms with E-state index in [-0.39, 0.29) is 6.61 Å². The van der Waals surface area contributed by atoms with Gasteiger partial charge in [-0.2, -0.15) is 0 Å². The van der Waals surface area contributed by atoms with Crippen LogP contribution in [-0.2, 0) is 4.79 Å². The Labute approximate surface area is 432 Å². The average Bonchev–Trinajstić information content (AvgIpc) is 3.35. The lowest BCUT2D eigenvalue weighted by Gasteiger charge is -2.21. The van der Waals surface area contributed by atoms with Gasteiger partial charge in [0.2, 0.25) is 5.91 Å². The van der Waals surface area contributed by atoms with Crippen LogP contribution in [0, 0.1) is 0 Å². The molecule has 5 nitrogen and oxygen atoms in total. The van der Waals surface area contributed by atoms with E-state index in [0.717, 1.165) is 38.5 Å². The molecule has 0 fully saturated rings. The van der Waals surface area contributed by atoms with Crippen LogP contribution in [0.2, 0.25) is 0 Å². The minimum atomic E-state index is -1.10. The van der Waals surface area contributed by atoms with E-state index in [4.69, 9.17) is 0 Å². The number of carbonyl (C=O) groups is 1. The zero-order valence-electron chi connectivity index (χ0n) is 46.7. The van der Waals surface area contributed by atoms with Crippen LogP contribution in [0.5, 0.6) is 0 Å². The monoisotopic (exact) mass is 970 g/mol. The Balaban J connectivity index is 3.54. The summed E-state index contributed by atoms with van der Waals surface area (Å²) in [5, 5.41) is 33.5. The van der Waals surface area contributed by atoms with E-state index < -0.39 is 24.2 Å². The maximum atomic E-state index is 12.6. The van der Waals surface area contributed by atoms with Crippen LogP contribution >= 0.6 is 0 Å². The van der Waals surface area contributed by atoms with Crippen molar-refractivity contribution in [2.45, 2.75) is 360 Å². The summed E-state index contributed by atoms with van der Waals surface area (Å²) >= 11 is 0. The highest BCUT2D eigenvalue weighted by molar-refractivity contribution is 5.80. The van der Waals surface area contributed by atoms with Crippen LogP contribution in [0.4, 0.5) is 0 Å². The van der Waals surface area contributed by atoms with Crippen molar-refractivity contribution >= 4 is 5.91 Å². The predicted octanol–water partition coefficient (Wildman–Crippen LogP) is 19.8. The van der Waals surface area contributed by atoms with E-state index >= 15 is 0 Å². The third kappa shape index (κ3) is 54.2. The van der Waals surface area contributed by atoms with Gasteiger partial charge in [0.15, 0.2) is 0 Å². The zero-order valence-corrected chi connectivity index (χ0v) is 46.7. The summed E-state index contributed by atoms with van der Waals surface area (Å²) in [6.45, 7) is 4.22. The Morgan fingerprint density at radius 2 is 0.623 bits per heavy atom. The smallest absolute Gasteiger partial charge is 0.249 e. The Morgan fingerprint density at radius 1 is 0.362 bits per heavy atom. The van der Waals surface area contributed by atoms with Gasteiger partial charge in [-0.25, -0.2) is 0 Å². The SMILES string of the molecule is CCCCCCCCCCC/C=C\C/C=C\CCCCCCCCCCCCCCCCC(O)C(=O)NC(CO)C(O)/C=C/CCCCCCCCCCCCCCCCCCCCCCCCC. The molecular formula is C64H123NO4. The quantitative estimate of drug-likeness (QED) is 0.0361. The molecule has 0 radical (unpaired) electrons. The van der Waals surface area contributed by atoms with Crippen LogP contribution in [0.3, 0.4) is 0 Å². The molecule has 0 aliphatic carbocycles.